The lowest BCUT2D eigenvalue weighted by Crippen LogP contribution is -2.29. The predicted octanol–water partition coefficient (Wildman–Crippen LogP) is 3.02. The van der Waals surface area contributed by atoms with Crippen molar-refractivity contribution in [3.63, 3.8) is 0 Å². The summed E-state index contributed by atoms with van der Waals surface area (Å²) >= 11 is 0. The number of amides is 1. The molecule has 160 valence electrons. The van der Waals surface area contributed by atoms with Gasteiger partial charge in [-0.25, -0.2) is 0 Å². The first-order chi connectivity index (χ1) is 14.5. The topological polar surface area (TPSA) is 90.7 Å². The number of carbonyl (C=O) groups excluding carboxylic acids is 1. The molecule has 1 N–H and O–H groups in total. The second-order valence-corrected chi connectivity index (χ2v) is 6.30. The van der Waals surface area contributed by atoms with Crippen molar-refractivity contribution < 1.29 is 23.9 Å². The number of likely N-dealkylation sites (N-methyl/N-ethyl adjacent to an activating group) is 1. The first kappa shape index (κ1) is 22.9. The number of hydrogen-bond acceptors (Lipinski definition) is 7. The third kappa shape index (κ3) is 5.81. The van der Waals surface area contributed by atoms with Gasteiger partial charge < -0.3 is 24.5 Å². The highest BCUT2D eigenvalue weighted by atomic mass is 16.7. The van der Waals surface area contributed by atoms with Gasteiger partial charge >= 0.3 is 0 Å². The van der Waals surface area contributed by atoms with Crippen LogP contribution in [0.4, 0.5) is 0 Å². The summed E-state index contributed by atoms with van der Waals surface area (Å²) in [6, 6.07) is 13.1. The van der Waals surface area contributed by atoms with E-state index in [-0.39, 0.29) is 25.0 Å². The molecule has 0 atom stereocenters. The zero-order valence-electron chi connectivity index (χ0n) is 17.9. The lowest BCUT2D eigenvalue weighted by molar-refractivity contribution is -0.114. The third-order valence-electron chi connectivity index (χ3n) is 4.31. The summed E-state index contributed by atoms with van der Waals surface area (Å²) in [6.45, 7) is 4.05. The van der Waals surface area contributed by atoms with E-state index in [1.54, 1.807) is 13.2 Å². The molecule has 0 saturated carbocycles. The summed E-state index contributed by atoms with van der Waals surface area (Å²) in [5.41, 5.74) is 3.96. The minimum atomic E-state index is -0.354. The maximum atomic E-state index is 12.2. The number of nitrogens with one attached hydrogen (secondary N) is 1. The van der Waals surface area contributed by atoms with Crippen molar-refractivity contribution in [2.75, 3.05) is 28.1 Å². The van der Waals surface area contributed by atoms with E-state index in [1.807, 2.05) is 50.2 Å². The smallest absolute Gasteiger partial charge is 0.273 e. The second-order valence-electron chi connectivity index (χ2n) is 6.30. The summed E-state index contributed by atoms with van der Waals surface area (Å²) in [4.78, 5) is 22.7. The Hall–Kier alpha value is -3.39. The Kier molecular flexibility index (Phi) is 8.83. The van der Waals surface area contributed by atoms with E-state index in [0.717, 1.165) is 16.7 Å². The molecule has 0 heterocycles. The molecule has 0 unspecified atom stereocenters. The monoisotopic (exact) mass is 413 g/mol. The number of oxime groups is 2. The summed E-state index contributed by atoms with van der Waals surface area (Å²) in [6.07, 6.45) is 0. The van der Waals surface area contributed by atoms with Crippen LogP contribution in [-0.4, -0.2) is 45.4 Å². The quantitative estimate of drug-likeness (QED) is 0.367. The third-order valence-corrected chi connectivity index (χ3v) is 4.31. The van der Waals surface area contributed by atoms with E-state index in [0.29, 0.717) is 17.0 Å². The summed E-state index contributed by atoms with van der Waals surface area (Å²) < 4.78 is 10.5. The molecule has 0 aliphatic rings. The van der Waals surface area contributed by atoms with Crippen molar-refractivity contribution in [1.82, 2.24) is 5.32 Å². The number of nitrogens with zero attached hydrogens (tertiary/aromatic N) is 2. The maximum absolute atomic E-state index is 12.2. The largest absolute Gasteiger partial charge is 0.467 e. The molecular formula is C22H27N3O5. The molecule has 2 rings (SSSR count). The molecule has 0 fully saturated rings. The Labute approximate surface area is 176 Å². The molecule has 2 aromatic carbocycles. The SMILES string of the molecule is CNC(=O)/C(=N/OC)c1cccc(C)c1CO/N=C(\C)c1ccccc1OCOC. The number of hydrogen-bond donors (Lipinski definition) is 1. The molecule has 30 heavy (non-hydrogen) atoms. The standard InChI is InChI=1S/C22H27N3O5/c1-15-9-8-11-18(21(25-28-5)22(26)23-3)19(15)13-30-24-16(2)17-10-6-7-12-20(17)29-14-27-4/h6-12H,13-14H2,1-5H3,(H,23,26)/b24-16+,25-21+. The molecule has 8 nitrogen and oxygen atoms in total. The molecule has 0 saturated heterocycles. The minimum absolute atomic E-state index is 0.138. The first-order valence-corrected chi connectivity index (χ1v) is 9.33. The average molecular weight is 413 g/mol. The molecular weight excluding hydrogens is 386 g/mol. The molecule has 0 spiro atoms. The molecule has 2 aromatic rings. The summed E-state index contributed by atoms with van der Waals surface area (Å²) in [5.74, 6) is 0.294. The highest BCUT2D eigenvalue weighted by molar-refractivity contribution is 6.45. The van der Waals surface area contributed by atoms with Crippen molar-refractivity contribution in [3.05, 3.63) is 64.7 Å². The van der Waals surface area contributed by atoms with Gasteiger partial charge in [-0.15, -0.1) is 0 Å². The van der Waals surface area contributed by atoms with Crippen LogP contribution in [-0.2, 0) is 25.8 Å². The molecule has 0 radical (unpaired) electrons. The minimum Gasteiger partial charge on any atom is -0.467 e. The number of carbonyl (C=O) groups is 1. The van der Waals surface area contributed by atoms with Crippen LogP contribution in [0.25, 0.3) is 0 Å². The Morgan fingerprint density at radius 2 is 1.77 bits per heavy atom. The van der Waals surface area contributed by atoms with Gasteiger partial charge in [0.05, 0.1) is 5.71 Å². The molecule has 0 aliphatic carbocycles. The van der Waals surface area contributed by atoms with Gasteiger partial charge in [-0.3, -0.25) is 4.79 Å². The Balaban J connectivity index is 2.26. The van der Waals surface area contributed by atoms with E-state index in [4.69, 9.17) is 19.1 Å². The van der Waals surface area contributed by atoms with Gasteiger partial charge in [-0.2, -0.15) is 0 Å². The van der Waals surface area contributed by atoms with Gasteiger partial charge in [-0.05, 0) is 31.5 Å². The molecule has 8 heteroatoms. The van der Waals surface area contributed by atoms with Crippen molar-refractivity contribution in [3.8, 4) is 5.75 Å². The molecule has 0 bridgehead atoms. The highest BCUT2D eigenvalue weighted by Crippen LogP contribution is 2.20. The van der Waals surface area contributed by atoms with Gasteiger partial charge in [0.2, 0.25) is 0 Å². The van der Waals surface area contributed by atoms with Gasteiger partial charge in [-0.1, -0.05) is 40.6 Å². The Morgan fingerprint density at radius 3 is 2.47 bits per heavy atom. The number of aryl methyl sites for hydroxylation is 1. The molecule has 0 aromatic heterocycles. The maximum Gasteiger partial charge on any atom is 0.273 e. The summed E-state index contributed by atoms with van der Waals surface area (Å²) in [5, 5.41) is 10.7. The lowest BCUT2D eigenvalue weighted by atomic mass is 9.98. The second kappa shape index (κ2) is 11.6. The van der Waals surface area contributed by atoms with Crippen molar-refractivity contribution in [2.24, 2.45) is 10.3 Å². The fourth-order valence-electron chi connectivity index (χ4n) is 2.79. The Morgan fingerprint density at radius 1 is 1.03 bits per heavy atom. The predicted molar refractivity (Wildman–Crippen MR) is 115 cm³/mol. The van der Waals surface area contributed by atoms with Gasteiger partial charge in [0, 0.05) is 30.8 Å². The van der Waals surface area contributed by atoms with E-state index < -0.39 is 0 Å². The zero-order valence-corrected chi connectivity index (χ0v) is 17.9. The number of ether oxygens (including phenoxy) is 2. The van der Waals surface area contributed by atoms with Crippen LogP contribution in [0.3, 0.4) is 0 Å². The van der Waals surface area contributed by atoms with Crippen LogP contribution in [0, 0.1) is 6.92 Å². The van der Waals surface area contributed by atoms with Crippen LogP contribution in [0.5, 0.6) is 5.75 Å². The zero-order chi connectivity index (χ0) is 21.9. The van der Waals surface area contributed by atoms with Gasteiger partial charge in [0.25, 0.3) is 5.91 Å². The number of benzene rings is 2. The fraction of sp³-hybridized carbons (Fsp3) is 0.318. The van der Waals surface area contributed by atoms with Crippen LogP contribution in [0.1, 0.15) is 29.2 Å². The van der Waals surface area contributed by atoms with Crippen molar-refractivity contribution in [2.45, 2.75) is 20.5 Å². The highest BCUT2D eigenvalue weighted by Gasteiger charge is 2.19. The van der Waals surface area contributed by atoms with Crippen LogP contribution >= 0.6 is 0 Å². The Bertz CT molecular complexity index is 925. The van der Waals surface area contributed by atoms with E-state index in [2.05, 4.69) is 15.6 Å². The average Bonchev–Trinajstić information content (AvgIpc) is 2.76. The normalized spacial score (nSPS) is 11.8. The number of methoxy groups -OCH3 is 1. The molecule has 1 amide bonds. The lowest BCUT2D eigenvalue weighted by Gasteiger charge is -2.13. The molecule has 0 aliphatic heterocycles. The fourth-order valence-corrected chi connectivity index (χ4v) is 2.79. The van der Waals surface area contributed by atoms with E-state index >= 15 is 0 Å². The van der Waals surface area contributed by atoms with Gasteiger partial charge in [0.15, 0.2) is 12.5 Å². The van der Waals surface area contributed by atoms with Gasteiger partial charge in [0.1, 0.15) is 19.5 Å². The first-order valence-electron chi connectivity index (χ1n) is 9.33. The van der Waals surface area contributed by atoms with Crippen molar-refractivity contribution in [1.29, 1.82) is 0 Å². The van der Waals surface area contributed by atoms with Crippen molar-refractivity contribution >= 4 is 17.3 Å². The summed E-state index contributed by atoms with van der Waals surface area (Å²) in [7, 11) is 4.49. The number of rotatable bonds is 10. The van der Waals surface area contributed by atoms with Crippen LogP contribution in [0.15, 0.2) is 52.8 Å². The van der Waals surface area contributed by atoms with E-state index in [9.17, 15) is 4.79 Å². The number of para-hydroxylation sites is 1. The van der Waals surface area contributed by atoms with E-state index in [1.165, 1.54) is 14.2 Å². The van der Waals surface area contributed by atoms with Crippen LogP contribution in [0.2, 0.25) is 0 Å². The van der Waals surface area contributed by atoms with Crippen LogP contribution < -0.4 is 10.1 Å².